The molecule has 1 aliphatic rings. The van der Waals surface area contributed by atoms with Crippen LogP contribution in [0.4, 0.5) is 4.79 Å². The van der Waals surface area contributed by atoms with Gasteiger partial charge >= 0.3 is 6.03 Å². The first-order valence-corrected chi connectivity index (χ1v) is 10.7. The molecule has 9 heteroatoms. The molecular weight excluding hydrogens is 422 g/mol. The fourth-order valence-electron chi connectivity index (χ4n) is 3.35. The van der Waals surface area contributed by atoms with Crippen LogP contribution in [0, 0.1) is 5.92 Å². The highest BCUT2D eigenvalue weighted by Gasteiger charge is 2.22. The summed E-state index contributed by atoms with van der Waals surface area (Å²) in [7, 11) is 0. The minimum atomic E-state index is -0.581. The lowest BCUT2D eigenvalue weighted by Crippen LogP contribution is -2.31. The quantitative estimate of drug-likeness (QED) is 0.406. The molecule has 0 aliphatic heterocycles. The predicted octanol–water partition coefficient (Wildman–Crippen LogP) is 4.60. The normalized spacial score (nSPS) is 14.1. The van der Waals surface area contributed by atoms with Gasteiger partial charge in [0.25, 0.3) is 0 Å². The predicted molar refractivity (Wildman–Crippen MR) is 121 cm³/mol. The summed E-state index contributed by atoms with van der Waals surface area (Å²) in [4.78, 5) is 24.2. The second-order valence-corrected chi connectivity index (χ2v) is 8.07. The molecular formula is C24H23N5O4. The third kappa shape index (κ3) is 5.03. The Morgan fingerprint density at radius 1 is 1.18 bits per heavy atom. The number of nitrogens with one attached hydrogen (secondary N) is 1. The number of rotatable bonds is 8. The highest BCUT2D eigenvalue weighted by atomic mass is 16.5. The zero-order valence-electron chi connectivity index (χ0n) is 18.0. The molecule has 3 heterocycles. The SMILES string of the molecule is CC(NC(N)=O)c1ccc2nc(-c3ccc(Oc4cncc(OCC5CC5)c4)nc3)oc2c1. The Bertz CT molecular complexity index is 1280. The molecule has 3 aromatic heterocycles. The molecule has 1 fully saturated rings. The lowest BCUT2D eigenvalue weighted by atomic mass is 10.1. The van der Waals surface area contributed by atoms with Crippen LogP contribution >= 0.6 is 0 Å². The van der Waals surface area contributed by atoms with E-state index in [0.29, 0.717) is 52.5 Å². The van der Waals surface area contributed by atoms with Crippen molar-refractivity contribution in [2.45, 2.75) is 25.8 Å². The number of aromatic nitrogens is 3. The number of hydrogen-bond donors (Lipinski definition) is 2. The van der Waals surface area contributed by atoms with E-state index in [1.54, 1.807) is 30.7 Å². The summed E-state index contributed by atoms with van der Waals surface area (Å²) in [5, 5.41) is 2.65. The summed E-state index contributed by atoms with van der Waals surface area (Å²) in [5.74, 6) is 2.76. The minimum Gasteiger partial charge on any atom is -0.492 e. The van der Waals surface area contributed by atoms with E-state index in [1.807, 2.05) is 31.2 Å². The summed E-state index contributed by atoms with van der Waals surface area (Å²) in [6.07, 6.45) is 7.39. The van der Waals surface area contributed by atoms with Crippen LogP contribution < -0.4 is 20.5 Å². The average Bonchev–Trinajstić information content (AvgIpc) is 3.54. The maximum atomic E-state index is 11.1. The number of urea groups is 1. The molecule has 1 aromatic carbocycles. The Hall–Kier alpha value is -4.14. The van der Waals surface area contributed by atoms with Gasteiger partial charge in [0.1, 0.15) is 11.3 Å². The number of fused-ring (bicyclic) bond motifs is 1. The smallest absolute Gasteiger partial charge is 0.312 e. The Balaban J connectivity index is 1.29. The standard InChI is InChI=1S/C24H23N5O4/c1-14(28-24(25)30)16-4-6-20-21(8-16)33-23(29-20)17-5-7-22(27-10-17)32-19-9-18(11-26-12-19)31-13-15-2-3-15/h4-12,14-15H,2-3,13H2,1H3,(H3,25,28,30). The molecule has 5 rings (SSSR count). The third-order valence-electron chi connectivity index (χ3n) is 5.35. The second kappa shape index (κ2) is 8.78. The molecule has 0 radical (unpaired) electrons. The summed E-state index contributed by atoms with van der Waals surface area (Å²) in [6, 6.07) is 10.1. The molecule has 168 valence electrons. The minimum absolute atomic E-state index is 0.245. The van der Waals surface area contributed by atoms with Crippen molar-refractivity contribution in [1.29, 1.82) is 0 Å². The Morgan fingerprint density at radius 2 is 2.03 bits per heavy atom. The largest absolute Gasteiger partial charge is 0.492 e. The summed E-state index contributed by atoms with van der Waals surface area (Å²) < 4.78 is 17.5. The van der Waals surface area contributed by atoms with Gasteiger partial charge in [0.2, 0.25) is 11.8 Å². The maximum Gasteiger partial charge on any atom is 0.312 e. The number of primary amides is 1. The van der Waals surface area contributed by atoms with Crippen LogP contribution in [0.1, 0.15) is 31.4 Å². The monoisotopic (exact) mass is 445 g/mol. The first kappa shape index (κ1) is 20.7. The van der Waals surface area contributed by atoms with E-state index >= 15 is 0 Å². The van der Waals surface area contributed by atoms with Crippen LogP contribution in [0.5, 0.6) is 17.4 Å². The summed E-state index contributed by atoms with van der Waals surface area (Å²) in [6.45, 7) is 2.56. The van der Waals surface area contributed by atoms with Crippen LogP contribution in [-0.4, -0.2) is 27.6 Å². The van der Waals surface area contributed by atoms with Crippen molar-refractivity contribution in [3.8, 4) is 28.8 Å². The van der Waals surface area contributed by atoms with Gasteiger partial charge in [-0.05, 0) is 49.4 Å². The number of carbonyl (C=O) groups excluding carboxylic acids is 1. The molecule has 0 spiro atoms. The molecule has 1 saturated carbocycles. The van der Waals surface area contributed by atoms with Gasteiger partial charge in [0.05, 0.1) is 30.6 Å². The molecule has 9 nitrogen and oxygen atoms in total. The van der Waals surface area contributed by atoms with Gasteiger partial charge in [-0.15, -0.1) is 0 Å². The zero-order valence-corrected chi connectivity index (χ0v) is 18.0. The molecule has 4 aromatic rings. The van der Waals surface area contributed by atoms with Crippen molar-refractivity contribution >= 4 is 17.1 Å². The molecule has 1 atom stereocenters. The lowest BCUT2D eigenvalue weighted by Gasteiger charge is -2.11. The number of ether oxygens (including phenoxy) is 2. The highest BCUT2D eigenvalue weighted by Crippen LogP contribution is 2.31. The molecule has 2 amide bonds. The third-order valence-corrected chi connectivity index (χ3v) is 5.35. The van der Waals surface area contributed by atoms with Crippen molar-refractivity contribution in [3.63, 3.8) is 0 Å². The summed E-state index contributed by atoms with van der Waals surface area (Å²) >= 11 is 0. The van der Waals surface area contributed by atoms with E-state index in [1.165, 1.54) is 12.8 Å². The fraction of sp³-hybridized carbons (Fsp3) is 0.250. The van der Waals surface area contributed by atoms with E-state index in [0.717, 1.165) is 5.56 Å². The van der Waals surface area contributed by atoms with Gasteiger partial charge in [-0.3, -0.25) is 4.98 Å². The molecule has 0 bridgehead atoms. The molecule has 3 N–H and O–H groups in total. The molecule has 0 saturated heterocycles. The average molecular weight is 445 g/mol. The van der Waals surface area contributed by atoms with Crippen LogP contribution in [0.3, 0.4) is 0 Å². The second-order valence-electron chi connectivity index (χ2n) is 8.07. The fourth-order valence-corrected chi connectivity index (χ4v) is 3.35. The van der Waals surface area contributed by atoms with Crippen LogP contribution in [0.25, 0.3) is 22.6 Å². The number of amides is 2. The first-order valence-electron chi connectivity index (χ1n) is 10.7. The summed E-state index contributed by atoms with van der Waals surface area (Å²) in [5.41, 5.74) is 8.09. The topological polar surface area (TPSA) is 125 Å². The van der Waals surface area contributed by atoms with Crippen molar-refractivity contribution in [1.82, 2.24) is 20.3 Å². The molecule has 1 unspecified atom stereocenters. The van der Waals surface area contributed by atoms with Gasteiger partial charge < -0.3 is 24.9 Å². The van der Waals surface area contributed by atoms with E-state index in [4.69, 9.17) is 19.6 Å². The number of benzene rings is 1. The molecule has 33 heavy (non-hydrogen) atoms. The lowest BCUT2D eigenvalue weighted by molar-refractivity contribution is 0.246. The van der Waals surface area contributed by atoms with E-state index < -0.39 is 6.03 Å². The number of oxazole rings is 1. The Kier molecular flexibility index (Phi) is 5.52. The number of carbonyl (C=O) groups is 1. The zero-order chi connectivity index (χ0) is 22.8. The van der Waals surface area contributed by atoms with E-state index in [-0.39, 0.29) is 6.04 Å². The van der Waals surface area contributed by atoms with Gasteiger partial charge in [-0.25, -0.2) is 14.8 Å². The van der Waals surface area contributed by atoms with Gasteiger partial charge in [-0.2, -0.15) is 0 Å². The molecule has 1 aliphatic carbocycles. The number of pyridine rings is 2. The van der Waals surface area contributed by atoms with Crippen LogP contribution in [0.2, 0.25) is 0 Å². The van der Waals surface area contributed by atoms with Gasteiger partial charge in [-0.1, -0.05) is 6.07 Å². The Morgan fingerprint density at radius 3 is 2.79 bits per heavy atom. The highest BCUT2D eigenvalue weighted by molar-refractivity contribution is 5.77. The number of nitrogens with zero attached hydrogens (tertiary/aromatic N) is 3. The van der Waals surface area contributed by atoms with Gasteiger partial charge in [0, 0.05) is 18.3 Å². The van der Waals surface area contributed by atoms with E-state index in [9.17, 15) is 4.79 Å². The first-order chi connectivity index (χ1) is 16.0. The van der Waals surface area contributed by atoms with Crippen molar-refractivity contribution in [2.24, 2.45) is 11.7 Å². The van der Waals surface area contributed by atoms with Crippen molar-refractivity contribution in [2.75, 3.05) is 6.61 Å². The number of hydrogen-bond acceptors (Lipinski definition) is 7. The maximum absolute atomic E-state index is 11.1. The van der Waals surface area contributed by atoms with Crippen molar-refractivity contribution in [3.05, 3.63) is 60.6 Å². The Labute approximate surface area is 190 Å². The van der Waals surface area contributed by atoms with Crippen LogP contribution in [0.15, 0.2) is 59.4 Å². The van der Waals surface area contributed by atoms with E-state index in [2.05, 4.69) is 20.3 Å². The van der Waals surface area contributed by atoms with Gasteiger partial charge in [0.15, 0.2) is 11.3 Å². The van der Waals surface area contributed by atoms with Crippen LogP contribution in [-0.2, 0) is 0 Å². The van der Waals surface area contributed by atoms with Crippen molar-refractivity contribution < 1.29 is 18.7 Å². The number of nitrogens with two attached hydrogens (primary N) is 1.